The lowest BCUT2D eigenvalue weighted by atomic mass is 10.0. The number of nitrogens with one attached hydrogen (secondary N) is 1. The van der Waals surface area contributed by atoms with E-state index in [-0.39, 0.29) is 11.3 Å². The van der Waals surface area contributed by atoms with Gasteiger partial charge in [0.15, 0.2) is 0 Å². The first-order valence-electron chi connectivity index (χ1n) is 17.7. The zero-order valence-corrected chi connectivity index (χ0v) is 27.1. The second-order valence-corrected chi connectivity index (χ2v) is 13.0. The third-order valence-electron chi connectivity index (χ3n) is 9.54. The van der Waals surface area contributed by atoms with Crippen molar-refractivity contribution in [3.8, 4) is 0 Å². The molecule has 0 spiro atoms. The number of carboxylic acid groups (broad SMARTS) is 1. The Bertz CT molecular complexity index is 1000. The van der Waals surface area contributed by atoms with E-state index in [1.54, 1.807) is 12.1 Å². The highest BCUT2D eigenvalue weighted by Crippen LogP contribution is 2.30. The van der Waals surface area contributed by atoms with Crippen LogP contribution in [0, 0.1) is 10.1 Å². The Labute approximate surface area is 265 Å². The van der Waals surface area contributed by atoms with Crippen molar-refractivity contribution >= 4 is 23.3 Å². The summed E-state index contributed by atoms with van der Waals surface area (Å²) in [5.41, 5.74) is 0.414. The Kier molecular flexibility index (Phi) is 17.2. The number of nitro benzene ring substituents is 1. The minimum Gasteiger partial charge on any atom is -0.480 e. The van der Waals surface area contributed by atoms with Crippen molar-refractivity contribution in [2.24, 2.45) is 0 Å². The van der Waals surface area contributed by atoms with Crippen molar-refractivity contribution in [3.05, 3.63) is 33.9 Å². The molecule has 9 nitrogen and oxygen atoms in total. The molecule has 0 aromatic heterocycles. The number of carbonyl (C=O) groups excluding carboxylic acids is 1. The molecule has 1 aromatic carbocycles. The van der Waals surface area contributed by atoms with Gasteiger partial charge in [-0.15, -0.1) is 0 Å². The van der Waals surface area contributed by atoms with Crippen LogP contribution >= 0.6 is 0 Å². The zero-order valence-electron chi connectivity index (χ0n) is 27.1. The summed E-state index contributed by atoms with van der Waals surface area (Å²) in [5, 5.41) is 23.0. The first-order chi connectivity index (χ1) is 21.5. The summed E-state index contributed by atoms with van der Waals surface area (Å²) in [6.45, 7) is 3.29. The van der Waals surface area contributed by atoms with Crippen LogP contribution in [0.15, 0.2) is 18.2 Å². The summed E-state index contributed by atoms with van der Waals surface area (Å²) in [6, 6.07) is 5.05. The summed E-state index contributed by atoms with van der Waals surface area (Å²) < 4.78 is 0. The van der Waals surface area contributed by atoms with Crippen LogP contribution in [-0.4, -0.2) is 65.6 Å². The van der Waals surface area contributed by atoms with Crippen molar-refractivity contribution in [1.29, 1.82) is 0 Å². The number of fused-ring (bicyclic) bond motifs is 3. The first-order valence-corrected chi connectivity index (χ1v) is 17.7. The third-order valence-corrected chi connectivity index (χ3v) is 9.54. The van der Waals surface area contributed by atoms with Gasteiger partial charge in [-0.2, -0.15) is 0 Å². The average molecular weight is 615 g/mol. The van der Waals surface area contributed by atoms with Gasteiger partial charge in [-0.3, -0.25) is 19.7 Å². The van der Waals surface area contributed by atoms with E-state index < -0.39 is 23.3 Å². The standard InChI is InChI=1S/C35H58N4O5/c40-34(41)29-36-35(42)32-28-31(21-22-33(32)39(43)44)38-27-26-37-24-19-17-15-13-11-9-7-5-3-1-2-4-6-8-10-12-14-16-18-20-30(38)23-25-37/h21-22,28,30H,1-20,23-27,29H2,(H,36,42)(H,40,41). The molecule has 1 aromatic rings. The van der Waals surface area contributed by atoms with E-state index in [0.29, 0.717) is 6.04 Å². The largest absolute Gasteiger partial charge is 0.480 e. The predicted molar refractivity (Wildman–Crippen MR) is 178 cm³/mol. The molecule has 0 aliphatic carbocycles. The maximum atomic E-state index is 12.8. The monoisotopic (exact) mass is 614 g/mol. The molecular formula is C35H58N4O5. The van der Waals surface area contributed by atoms with Gasteiger partial charge in [-0.25, -0.2) is 0 Å². The summed E-state index contributed by atoms with van der Waals surface area (Å²) in [6.07, 6.45) is 27.4. The van der Waals surface area contributed by atoms with Crippen LogP contribution in [0.2, 0.25) is 0 Å². The number of aliphatic carboxylic acids is 1. The number of nitrogens with zero attached hydrogens (tertiary/aromatic N) is 3. The van der Waals surface area contributed by atoms with Crippen LogP contribution in [0.4, 0.5) is 11.4 Å². The molecule has 0 saturated carbocycles. The number of amides is 1. The van der Waals surface area contributed by atoms with Crippen LogP contribution in [0.3, 0.4) is 0 Å². The molecule has 44 heavy (non-hydrogen) atoms. The van der Waals surface area contributed by atoms with E-state index in [9.17, 15) is 19.7 Å². The van der Waals surface area contributed by atoms with Crippen LogP contribution < -0.4 is 10.2 Å². The number of carbonyl (C=O) groups is 2. The smallest absolute Gasteiger partial charge is 0.322 e. The Morgan fingerprint density at radius 1 is 0.727 bits per heavy atom. The predicted octanol–water partition coefficient (Wildman–Crippen LogP) is 8.11. The van der Waals surface area contributed by atoms with Crippen molar-refractivity contribution in [1.82, 2.24) is 10.2 Å². The lowest BCUT2D eigenvalue weighted by Gasteiger charge is -2.32. The van der Waals surface area contributed by atoms with Crippen molar-refractivity contribution in [2.45, 2.75) is 141 Å². The maximum absolute atomic E-state index is 12.8. The number of nitro groups is 1. The number of benzene rings is 1. The van der Waals surface area contributed by atoms with Crippen molar-refractivity contribution in [2.75, 3.05) is 37.6 Å². The average Bonchev–Trinajstić information content (AvgIpc) is 3.21. The fourth-order valence-corrected chi connectivity index (χ4v) is 6.91. The minimum absolute atomic E-state index is 0.0837. The molecule has 2 heterocycles. The minimum atomic E-state index is -1.19. The van der Waals surface area contributed by atoms with Crippen LogP contribution in [0.5, 0.6) is 0 Å². The third kappa shape index (κ3) is 13.5. The molecule has 3 rings (SSSR count). The van der Waals surface area contributed by atoms with Gasteiger partial charge < -0.3 is 20.2 Å². The molecule has 2 bridgehead atoms. The molecule has 0 radical (unpaired) electrons. The molecule has 9 heteroatoms. The number of anilines is 1. The zero-order chi connectivity index (χ0) is 31.4. The maximum Gasteiger partial charge on any atom is 0.322 e. The Hall–Kier alpha value is -2.68. The lowest BCUT2D eigenvalue weighted by molar-refractivity contribution is -0.385. The number of carboxylic acids is 1. The van der Waals surface area contributed by atoms with E-state index in [1.165, 1.54) is 122 Å². The van der Waals surface area contributed by atoms with Gasteiger partial charge in [0.1, 0.15) is 12.1 Å². The van der Waals surface area contributed by atoms with Gasteiger partial charge >= 0.3 is 5.97 Å². The Morgan fingerprint density at radius 3 is 1.77 bits per heavy atom. The second-order valence-electron chi connectivity index (χ2n) is 13.0. The van der Waals surface area contributed by atoms with Crippen LogP contribution in [-0.2, 0) is 4.79 Å². The topological polar surface area (TPSA) is 116 Å². The van der Waals surface area contributed by atoms with E-state index in [4.69, 9.17) is 5.11 Å². The molecule has 2 saturated heterocycles. The number of hydrogen-bond acceptors (Lipinski definition) is 6. The van der Waals surface area contributed by atoms with Gasteiger partial charge in [-0.05, 0) is 37.9 Å². The number of hydrogen-bond donors (Lipinski definition) is 2. The van der Waals surface area contributed by atoms with E-state index in [0.717, 1.165) is 51.1 Å². The summed E-state index contributed by atoms with van der Waals surface area (Å²) >= 11 is 0. The molecule has 2 atom stereocenters. The Morgan fingerprint density at radius 2 is 1.25 bits per heavy atom. The normalized spacial score (nSPS) is 23.0. The van der Waals surface area contributed by atoms with Gasteiger partial charge in [-0.1, -0.05) is 116 Å². The molecule has 2 aliphatic rings. The molecular weight excluding hydrogens is 556 g/mol. The van der Waals surface area contributed by atoms with Crippen molar-refractivity contribution < 1.29 is 19.6 Å². The van der Waals surface area contributed by atoms with Gasteiger partial charge in [0.05, 0.1) is 4.92 Å². The van der Waals surface area contributed by atoms with Crippen molar-refractivity contribution in [3.63, 3.8) is 0 Å². The fourth-order valence-electron chi connectivity index (χ4n) is 6.91. The molecule has 248 valence electrons. The lowest BCUT2D eigenvalue weighted by Crippen LogP contribution is -2.37. The molecule has 2 aliphatic heterocycles. The SMILES string of the molecule is O=C(O)CNC(=O)c1cc(N2CCN3CCCCCCCCCCCCCCCCCCCCCC2CC3)ccc1[N+](=O)[O-]. The van der Waals surface area contributed by atoms with E-state index in [1.807, 2.05) is 0 Å². The summed E-state index contributed by atoms with van der Waals surface area (Å²) in [7, 11) is 0. The highest BCUT2D eigenvalue weighted by atomic mass is 16.6. The summed E-state index contributed by atoms with van der Waals surface area (Å²) in [5.74, 6) is -1.92. The molecule has 2 unspecified atom stereocenters. The molecule has 2 fully saturated rings. The fraction of sp³-hybridized carbons (Fsp3) is 0.771. The number of rotatable bonds is 5. The van der Waals surface area contributed by atoms with Gasteiger partial charge in [0.2, 0.25) is 0 Å². The quantitative estimate of drug-likeness (QED) is 0.254. The van der Waals surface area contributed by atoms with Gasteiger partial charge in [0, 0.05) is 37.4 Å². The Balaban J connectivity index is 1.67. The van der Waals surface area contributed by atoms with E-state index >= 15 is 0 Å². The van der Waals surface area contributed by atoms with Crippen LogP contribution in [0.1, 0.15) is 145 Å². The molecule has 2 N–H and O–H groups in total. The van der Waals surface area contributed by atoms with Crippen LogP contribution in [0.25, 0.3) is 0 Å². The second kappa shape index (κ2) is 21.1. The van der Waals surface area contributed by atoms with Gasteiger partial charge in [0.25, 0.3) is 11.6 Å². The highest BCUT2D eigenvalue weighted by molar-refractivity contribution is 6.00. The highest BCUT2D eigenvalue weighted by Gasteiger charge is 2.27. The first kappa shape index (κ1) is 35.8. The molecule has 1 amide bonds. The van der Waals surface area contributed by atoms with E-state index in [2.05, 4.69) is 15.1 Å². The summed E-state index contributed by atoms with van der Waals surface area (Å²) in [4.78, 5) is 39.9.